The molecule has 0 saturated carbocycles. The highest BCUT2D eigenvalue weighted by molar-refractivity contribution is 5.90. The maximum atomic E-state index is 12.6. The van der Waals surface area contributed by atoms with E-state index in [-0.39, 0.29) is 6.54 Å². The van der Waals surface area contributed by atoms with E-state index in [1.807, 2.05) is 0 Å². The van der Waals surface area contributed by atoms with Gasteiger partial charge in [-0.15, -0.1) is 0 Å². The minimum absolute atomic E-state index is 0.272. The van der Waals surface area contributed by atoms with Crippen LogP contribution < -0.4 is 34.6 Å². The number of ether oxygens (including phenoxy) is 5. The second-order valence-electron chi connectivity index (χ2n) is 7.04. The molecular formula is C23H23N3O7. The maximum Gasteiger partial charge on any atom is 0.267 e. The Morgan fingerprint density at radius 1 is 0.970 bits per heavy atom. The Balaban J connectivity index is 1.57. The number of carbonyl (C=O) groups excluding carboxylic acids is 1. The lowest BCUT2D eigenvalue weighted by molar-refractivity contribution is -0.117. The largest absolute Gasteiger partial charge is 0.493 e. The van der Waals surface area contributed by atoms with Crippen molar-refractivity contribution in [3.05, 3.63) is 52.8 Å². The van der Waals surface area contributed by atoms with Gasteiger partial charge in [-0.1, -0.05) is 0 Å². The van der Waals surface area contributed by atoms with E-state index in [0.29, 0.717) is 58.9 Å². The van der Waals surface area contributed by atoms with E-state index in [4.69, 9.17) is 23.7 Å². The predicted molar refractivity (Wildman–Crippen MR) is 120 cm³/mol. The van der Waals surface area contributed by atoms with Crippen LogP contribution in [0.2, 0.25) is 0 Å². The van der Waals surface area contributed by atoms with Gasteiger partial charge in [0.05, 0.1) is 27.0 Å². The Kier molecular flexibility index (Phi) is 6.34. The highest BCUT2D eigenvalue weighted by atomic mass is 16.6. The van der Waals surface area contributed by atoms with E-state index in [2.05, 4.69) is 10.4 Å². The number of benzene rings is 2. The summed E-state index contributed by atoms with van der Waals surface area (Å²) in [6.45, 7) is 0.651. The number of hydrogen-bond acceptors (Lipinski definition) is 8. The molecule has 3 aromatic rings. The van der Waals surface area contributed by atoms with Crippen molar-refractivity contribution >= 4 is 11.6 Å². The normalized spacial score (nSPS) is 12.1. The van der Waals surface area contributed by atoms with E-state index < -0.39 is 11.5 Å². The van der Waals surface area contributed by atoms with Gasteiger partial charge in [0, 0.05) is 23.4 Å². The number of nitrogens with one attached hydrogen (secondary N) is 1. The lowest BCUT2D eigenvalue weighted by Gasteiger charge is -2.19. The van der Waals surface area contributed by atoms with Crippen LogP contribution in [0.1, 0.15) is 0 Å². The number of anilines is 1. The van der Waals surface area contributed by atoms with Crippen molar-refractivity contribution in [3.8, 4) is 40.0 Å². The number of rotatable bonds is 7. The van der Waals surface area contributed by atoms with Crippen LogP contribution in [0.3, 0.4) is 0 Å². The van der Waals surface area contributed by atoms with Gasteiger partial charge in [0.25, 0.3) is 5.56 Å². The molecule has 0 fully saturated rings. The second kappa shape index (κ2) is 9.51. The molecule has 10 nitrogen and oxygen atoms in total. The fourth-order valence-corrected chi connectivity index (χ4v) is 3.40. The van der Waals surface area contributed by atoms with Crippen molar-refractivity contribution < 1.29 is 28.5 Å². The lowest BCUT2D eigenvalue weighted by atomic mass is 10.1. The smallest absolute Gasteiger partial charge is 0.267 e. The van der Waals surface area contributed by atoms with E-state index in [9.17, 15) is 9.59 Å². The summed E-state index contributed by atoms with van der Waals surface area (Å²) < 4.78 is 28.2. The molecule has 2 aromatic carbocycles. The van der Waals surface area contributed by atoms with Crippen LogP contribution in [0.4, 0.5) is 5.69 Å². The van der Waals surface area contributed by atoms with Gasteiger partial charge in [0.1, 0.15) is 19.8 Å². The molecule has 0 atom stereocenters. The number of aromatic nitrogens is 2. The highest BCUT2D eigenvalue weighted by Gasteiger charge is 2.17. The molecule has 4 rings (SSSR count). The molecule has 1 N–H and O–H groups in total. The van der Waals surface area contributed by atoms with Crippen LogP contribution in [-0.4, -0.2) is 50.2 Å². The summed E-state index contributed by atoms with van der Waals surface area (Å²) in [4.78, 5) is 24.9. The van der Waals surface area contributed by atoms with Crippen LogP contribution >= 0.6 is 0 Å². The molecule has 0 unspecified atom stereocenters. The maximum absolute atomic E-state index is 12.6. The molecule has 1 aliphatic rings. The molecular weight excluding hydrogens is 430 g/mol. The summed E-state index contributed by atoms with van der Waals surface area (Å²) in [6, 6.07) is 11.4. The van der Waals surface area contributed by atoms with E-state index in [1.165, 1.54) is 27.4 Å². The molecule has 172 valence electrons. The highest BCUT2D eigenvalue weighted by Crippen LogP contribution is 2.40. The summed E-state index contributed by atoms with van der Waals surface area (Å²) in [5.41, 5.74) is 1.20. The minimum Gasteiger partial charge on any atom is -0.493 e. The number of amides is 1. The quantitative estimate of drug-likeness (QED) is 0.581. The first kappa shape index (κ1) is 22.0. The first-order valence-electron chi connectivity index (χ1n) is 10.1. The standard InChI is InChI=1S/C23H23N3O7/c1-29-19-10-14(11-20(30-2)23(19)31-3)16-5-7-22(28)26(25-16)13-21(27)24-15-4-6-17-18(12-15)33-9-8-32-17/h4-7,10-12H,8-9,13H2,1-3H3,(H,24,27). The third kappa shape index (κ3) is 4.69. The monoisotopic (exact) mass is 453 g/mol. The number of fused-ring (bicyclic) bond motifs is 1. The van der Waals surface area contributed by atoms with E-state index in [1.54, 1.807) is 36.4 Å². The average molecular weight is 453 g/mol. The Labute approximate surface area is 189 Å². The van der Waals surface area contributed by atoms with Gasteiger partial charge in [-0.25, -0.2) is 4.68 Å². The molecule has 1 aromatic heterocycles. The minimum atomic E-state index is -0.414. The molecule has 0 aliphatic carbocycles. The predicted octanol–water partition coefficient (Wildman–Crippen LogP) is 2.35. The van der Waals surface area contributed by atoms with Gasteiger partial charge in [0.2, 0.25) is 11.7 Å². The first-order valence-corrected chi connectivity index (χ1v) is 10.1. The van der Waals surface area contributed by atoms with Gasteiger partial charge in [-0.05, 0) is 30.3 Å². The fourth-order valence-electron chi connectivity index (χ4n) is 3.40. The Bertz CT molecular complexity index is 1210. The summed E-state index contributed by atoms with van der Waals surface area (Å²) in [6.07, 6.45) is 0. The first-order chi connectivity index (χ1) is 16.0. The number of methoxy groups -OCH3 is 3. The summed E-state index contributed by atoms with van der Waals surface area (Å²) in [5, 5.41) is 7.10. The van der Waals surface area contributed by atoms with Crippen molar-refractivity contribution in [2.75, 3.05) is 39.9 Å². The number of hydrogen-bond donors (Lipinski definition) is 1. The second-order valence-corrected chi connectivity index (χ2v) is 7.04. The zero-order valence-corrected chi connectivity index (χ0v) is 18.4. The van der Waals surface area contributed by atoms with E-state index >= 15 is 0 Å². The SMILES string of the molecule is COc1cc(-c2ccc(=O)n(CC(=O)Nc3ccc4c(c3)OCCO4)n2)cc(OC)c1OC. The van der Waals surface area contributed by atoms with Crippen LogP contribution in [0.5, 0.6) is 28.7 Å². The topological polar surface area (TPSA) is 110 Å². The third-order valence-electron chi connectivity index (χ3n) is 4.95. The molecule has 0 bridgehead atoms. The molecule has 2 heterocycles. The molecule has 0 spiro atoms. The molecule has 0 saturated heterocycles. The van der Waals surface area contributed by atoms with E-state index in [0.717, 1.165) is 4.68 Å². The van der Waals surface area contributed by atoms with Crippen LogP contribution in [0.15, 0.2) is 47.3 Å². The van der Waals surface area contributed by atoms with Crippen molar-refractivity contribution in [3.63, 3.8) is 0 Å². The van der Waals surface area contributed by atoms with Gasteiger partial charge >= 0.3 is 0 Å². The average Bonchev–Trinajstić information content (AvgIpc) is 2.84. The Hall–Kier alpha value is -4.21. The van der Waals surface area contributed by atoms with Gasteiger partial charge in [-0.2, -0.15) is 5.10 Å². The lowest BCUT2D eigenvalue weighted by Crippen LogP contribution is -2.29. The Morgan fingerprint density at radius 3 is 2.33 bits per heavy atom. The molecule has 10 heteroatoms. The van der Waals surface area contributed by atoms with Gasteiger partial charge in [0.15, 0.2) is 23.0 Å². The number of nitrogens with zero attached hydrogens (tertiary/aromatic N) is 2. The van der Waals surface area contributed by atoms with Crippen molar-refractivity contribution in [2.45, 2.75) is 6.54 Å². The molecule has 33 heavy (non-hydrogen) atoms. The molecule has 1 amide bonds. The summed E-state index contributed by atoms with van der Waals surface area (Å²) >= 11 is 0. The number of carbonyl (C=O) groups is 1. The van der Waals surface area contributed by atoms with Crippen LogP contribution in [0, 0.1) is 0 Å². The summed E-state index contributed by atoms with van der Waals surface area (Å²) in [5.74, 6) is 2.10. The molecule has 0 radical (unpaired) electrons. The zero-order chi connectivity index (χ0) is 23.4. The fraction of sp³-hybridized carbons (Fsp3) is 0.261. The van der Waals surface area contributed by atoms with Gasteiger partial charge in [-0.3, -0.25) is 9.59 Å². The molecule has 1 aliphatic heterocycles. The van der Waals surface area contributed by atoms with Crippen molar-refractivity contribution in [2.24, 2.45) is 0 Å². The van der Waals surface area contributed by atoms with Crippen molar-refractivity contribution in [1.29, 1.82) is 0 Å². The third-order valence-corrected chi connectivity index (χ3v) is 4.95. The van der Waals surface area contributed by atoms with Crippen LogP contribution in [-0.2, 0) is 11.3 Å². The van der Waals surface area contributed by atoms with Crippen molar-refractivity contribution in [1.82, 2.24) is 9.78 Å². The van der Waals surface area contributed by atoms with Crippen LogP contribution in [0.25, 0.3) is 11.3 Å². The Morgan fingerprint density at radius 2 is 1.67 bits per heavy atom. The zero-order valence-electron chi connectivity index (χ0n) is 18.4. The summed E-state index contributed by atoms with van der Waals surface area (Å²) in [7, 11) is 4.54. The van der Waals surface area contributed by atoms with Gasteiger partial charge < -0.3 is 29.0 Å².